The van der Waals surface area contributed by atoms with Crippen LogP contribution < -0.4 is 10.9 Å². The Bertz CT molecular complexity index is 700. The van der Waals surface area contributed by atoms with E-state index in [2.05, 4.69) is 26.8 Å². The van der Waals surface area contributed by atoms with Crippen molar-refractivity contribution < 1.29 is 14.0 Å². The van der Waals surface area contributed by atoms with Crippen molar-refractivity contribution in [1.82, 2.24) is 10.9 Å². The normalized spacial score (nSPS) is 10.3. The van der Waals surface area contributed by atoms with E-state index in [-0.39, 0.29) is 11.7 Å². The maximum Gasteiger partial charge on any atom is 0.273 e. The number of halogens is 1. The summed E-state index contributed by atoms with van der Waals surface area (Å²) in [4.78, 5) is 24.6. The molecule has 2 rings (SSSR count). The number of amides is 2. The van der Waals surface area contributed by atoms with Crippen molar-refractivity contribution in [2.24, 2.45) is 0 Å². The number of hydrazine groups is 1. The molecule has 0 bridgehead atoms. The molecule has 0 saturated heterocycles. The molecule has 0 atom stereocenters. The van der Waals surface area contributed by atoms with Gasteiger partial charge in [0.15, 0.2) is 0 Å². The zero-order chi connectivity index (χ0) is 16.1. The summed E-state index contributed by atoms with van der Waals surface area (Å²) in [6.07, 6.45) is 1.43. The number of hydrogen-bond donors (Lipinski definition) is 2. The van der Waals surface area contributed by atoms with Crippen LogP contribution in [0.15, 0.2) is 44.3 Å². The van der Waals surface area contributed by atoms with E-state index >= 15 is 0 Å². The third kappa shape index (κ3) is 4.38. The van der Waals surface area contributed by atoms with Gasteiger partial charge in [-0.25, -0.2) is 0 Å². The highest BCUT2D eigenvalue weighted by molar-refractivity contribution is 9.10. The maximum atomic E-state index is 11.8. The van der Waals surface area contributed by atoms with Crippen LogP contribution in [0.2, 0.25) is 0 Å². The van der Waals surface area contributed by atoms with Gasteiger partial charge in [-0.15, -0.1) is 11.8 Å². The number of carbonyl (C=O) groups excluding carboxylic acids is 2. The Morgan fingerprint density at radius 1 is 1.23 bits per heavy atom. The molecule has 0 aliphatic rings. The molecule has 0 fully saturated rings. The summed E-state index contributed by atoms with van der Waals surface area (Å²) >= 11 is 4.81. The van der Waals surface area contributed by atoms with Crippen LogP contribution in [0.5, 0.6) is 0 Å². The Morgan fingerprint density at radius 3 is 2.64 bits per heavy atom. The molecule has 0 aliphatic heterocycles. The number of nitrogens with one attached hydrogen (secondary N) is 2. The van der Waals surface area contributed by atoms with Crippen molar-refractivity contribution in [3.8, 4) is 0 Å². The highest BCUT2D eigenvalue weighted by Crippen LogP contribution is 2.24. The Balaban J connectivity index is 1.81. The highest BCUT2D eigenvalue weighted by atomic mass is 79.9. The molecule has 0 spiro atoms. The number of rotatable bonds is 4. The molecule has 0 radical (unpaired) electrons. The molecule has 116 valence electrons. The second-order valence-electron chi connectivity index (χ2n) is 4.59. The lowest BCUT2D eigenvalue weighted by Gasteiger charge is -2.08. The standard InChI is InChI=1S/C15H15BrN2O3S/c1-9-7-11(16)3-4-13(9)22-8-14(19)17-18-15(20)12-5-6-21-10(12)2/h3-7H,8H2,1-2H3,(H,17,19)(H,18,20). The summed E-state index contributed by atoms with van der Waals surface area (Å²) in [6, 6.07) is 7.42. The van der Waals surface area contributed by atoms with E-state index in [0.29, 0.717) is 11.3 Å². The van der Waals surface area contributed by atoms with Crippen LogP contribution in [0.3, 0.4) is 0 Å². The molecule has 7 heteroatoms. The number of aryl methyl sites for hydroxylation is 2. The number of hydrogen-bond acceptors (Lipinski definition) is 4. The van der Waals surface area contributed by atoms with Crippen LogP contribution in [0.25, 0.3) is 0 Å². The van der Waals surface area contributed by atoms with Gasteiger partial charge in [0.1, 0.15) is 5.76 Å². The second-order valence-corrected chi connectivity index (χ2v) is 6.52. The van der Waals surface area contributed by atoms with Crippen LogP contribution >= 0.6 is 27.7 Å². The van der Waals surface area contributed by atoms with E-state index in [4.69, 9.17) is 4.42 Å². The van der Waals surface area contributed by atoms with Crippen molar-refractivity contribution in [3.05, 3.63) is 51.9 Å². The minimum absolute atomic E-state index is 0.215. The minimum Gasteiger partial charge on any atom is -0.469 e. The first kappa shape index (κ1) is 16.6. The average Bonchev–Trinajstić information content (AvgIpc) is 2.90. The number of benzene rings is 1. The SMILES string of the molecule is Cc1cc(Br)ccc1SCC(=O)NNC(=O)c1ccoc1C. The fraction of sp³-hybridized carbons (Fsp3) is 0.200. The van der Waals surface area contributed by atoms with E-state index in [9.17, 15) is 9.59 Å². The summed E-state index contributed by atoms with van der Waals surface area (Å²) in [5.41, 5.74) is 6.24. The van der Waals surface area contributed by atoms with E-state index in [0.717, 1.165) is 14.9 Å². The number of thioether (sulfide) groups is 1. The number of furan rings is 1. The third-order valence-corrected chi connectivity index (χ3v) is 4.58. The summed E-state index contributed by atoms with van der Waals surface area (Å²) in [5, 5.41) is 0. The molecular formula is C15H15BrN2O3S. The van der Waals surface area contributed by atoms with Gasteiger partial charge in [-0.1, -0.05) is 15.9 Å². The summed E-state index contributed by atoms with van der Waals surface area (Å²) < 4.78 is 6.04. The Morgan fingerprint density at radius 2 is 2.00 bits per heavy atom. The van der Waals surface area contributed by atoms with Crippen molar-refractivity contribution in [1.29, 1.82) is 0 Å². The van der Waals surface area contributed by atoms with Gasteiger partial charge in [-0.3, -0.25) is 20.4 Å². The van der Waals surface area contributed by atoms with Crippen LogP contribution in [0, 0.1) is 13.8 Å². The molecule has 1 aromatic carbocycles. The zero-order valence-corrected chi connectivity index (χ0v) is 14.5. The van der Waals surface area contributed by atoms with Crippen LogP contribution in [0.1, 0.15) is 21.7 Å². The lowest BCUT2D eigenvalue weighted by Crippen LogP contribution is -2.42. The Kier molecular flexibility index (Phi) is 5.68. The maximum absolute atomic E-state index is 11.8. The third-order valence-electron chi connectivity index (χ3n) is 2.91. The van der Waals surface area contributed by atoms with Crippen LogP contribution in [-0.2, 0) is 4.79 Å². The molecule has 0 aliphatic carbocycles. The predicted molar refractivity (Wildman–Crippen MR) is 88.7 cm³/mol. The van der Waals surface area contributed by atoms with Crippen molar-refractivity contribution >= 4 is 39.5 Å². The first-order chi connectivity index (χ1) is 10.5. The van der Waals surface area contributed by atoms with Gasteiger partial charge in [0.05, 0.1) is 17.6 Å². The zero-order valence-electron chi connectivity index (χ0n) is 12.1. The Hall–Kier alpha value is -1.73. The molecule has 22 heavy (non-hydrogen) atoms. The van der Waals surface area contributed by atoms with Gasteiger partial charge in [0, 0.05) is 9.37 Å². The summed E-state index contributed by atoms with van der Waals surface area (Å²) in [5.74, 6) is 0.0467. The van der Waals surface area contributed by atoms with Crippen molar-refractivity contribution in [3.63, 3.8) is 0 Å². The molecule has 0 saturated carbocycles. The molecule has 5 nitrogen and oxygen atoms in total. The largest absolute Gasteiger partial charge is 0.469 e. The smallest absolute Gasteiger partial charge is 0.273 e. The van der Waals surface area contributed by atoms with Gasteiger partial charge in [0.25, 0.3) is 5.91 Å². The van der Waals surface area contributed by atoms with E-state index in [1.807, 2.05) is 25.1 Å². The van der Waals surface area contributed by atoms with Gasteiger partial charge < -0.3 is 4.42 Å². The topological polar surface area (TPSA) is 71.3 Å². The van der Waals surface area contributed by atoms with Gasteiger partial charge in [-0.05, 0) is 43.7 Å². The van der Waals surface area contributed by atoms with Gasteiger partial charge >= 0.3 is 0 Å². The molecule has 0 unspecified atom stereocenters. The minimum atomic E-state index is -0.399. The summed E-state index contributed by atoms with van der Waals surface area (Å²) in [7, 11) is 0. The predicted octanol–water partition coefficient (Wildman–Crippen LogP) is 3.21. The first-order valence-electron chi connectivity index (χ1n) is 6.49. The summed E-state index contributed by atoms with van der Waals surface area (Å²) in [6.45, 7) is 3.66. The Labute approximate surface area is 140 Å². The van der Waals surface area contributed by atoms with Crippen molar-refractivity contribution in [2.45, 2.75) is 18.7 Å². The molecule has 2 N–H and O–H groups in total. The second kappa shape index (κ2) is 7.51. The molecular weight excluding hydrogens is 368 g/mol. The quantitative estimate of drug-likeness (QED) is 0.628. The van der Waals surface area contributed by atoms with Crippen LogP contribution in [-0.4, -0.2) is 17.6 Å². The van der Waals surface area contributed by atoms with E-state index in [1.54, 1.807) is 13.0 Å². The average molecular weight is 383 g/mol. The molecule has 1 aromatic heterocycles. The molecule has 2 amide bonds. The fourth-order valence-corrected chi connectivity index (χ4v) is 3.05. The lowest BCUT2D eigenvalue weighted by molar-refractivity contribution is -0.119. The van der Waals surface area contributed by atoms with Gasteiger partial charge in [-0.2, -0.15) is 0 Å². The fourth-order valence-electron chi connectivity index (χ4n) is 1.77. The molecule has 1 heterocycles. The number of carbonyl (C=O) groups is 2. The molecule has 2 aromatic rings. The first-order valence-corrected chi connectivity index (χ1v) is 8.27. The van der Waals surface area contributed by atoms with E-state index < -0.39 is 5.91 Å². The van der Waals surface area contributed by atoms with Gasteiger partial charge in [0.2, 0.25) is 5.91 Å². The van der Waals surface area contributed by atoms with Crippen molar-refractivity contribution in [2.75, 3.05) is 5.75 Å². The van der Waals surface area contributed by atoms with Crippen LogP contribution in [0.4, 0.5) is 0 Å². The monoisotopic (exact) mass is 382 g/mol. The van der Waals surface area contributed by atoms with E-state index in [1.165, 1.54) is 18.0 Å². The lowest BCUT2D eigenvalue weighted by atomic mass is 10.2. The highest BCUT2D eigenvalue weighted by Gasteiger charge is 2.12.